The maximum atomic E-state index is 11.4. The van der Waals surface area contributed by atoms with Crippen molar-refractivity contribution < 1.29 is 14.7 Å². The van der Waals surface area contributed by atoms with Crippen LogP contribution in [0.4, 0.5) is 0 Å². The zero-order valence-electron chi connectivity index (χ0n) is 12.2. The molecular weight excluding hydrogens is 266 g/mol. The summed E-state index contributed by atoms with van der Waals surface area (Å²) in [7, 11) is 0. The quantitative estimate of drug-likeness (QED) is 0.825. The molecule has 0 bridgehead atoms. The predicted molar refractivity (Wildman–Crippen MR) is 80.9 cm³/mol. The summed E-state index contributed by atoms with van der Waals surface area (Å²) in [5.74, 6) is -0.793. The van der Waals surface area contributed by atoms with E-state index in [-0.39, 0.29) is 11.5 Å². The van der Waals surface area contributed by atoms with Crippen LogP contribution in [0.2, 0.25) is 0 Å². The molecule has 4 nitrogen and oxygen atoms in total. The van der Waals surface area contributed by atoms with E-state index >= 15 is 0 Å². The zero-order chi connectivity index (χ0) is 15.4. The summed E-state index contributed by atoms with van der Waals surface area (Å²) in [5.41, 5.74) is 1.84. The number of aromatic carboxylic acids is 1. The lowest BCUT2D eigenvalue weighted by atomic mass is 9.98. The number of carboxylic acids is 1. The first kappa shape index (κ1) is 15.0. The molecule has 2 aromatic rings. The van der Waals surface area contributed by atoms with Crippen molar-refractivity contribution in [2.45, 2.75) is 32.7 Å². The monoisotopic (exact) mass is 285 g/mol. The molecule has 1 aromatic carbocycles. The van der Waals surface area contributed by atoms with E-state index in [0.717, 1.165) is 6.42 Å². The van der Waals surface area contributed by atoms with E-state index in [1.54, 1.807) is 10.8 Å². The highest BCUT2D eigenvalue weighted by atomic mass is 16.4. The van der Waals surface area contributed by atoms with Crippen molar-refractivity contribution in [2.75, 3.05) is 0 Å². The Hall–Kier alpha value is -2.36. The Balaban J connectivity index is 2.12. The molecule has 1 atom stereocenters. The van der Waals surface area contributed by atoms with Crippen molar-refractivity contribution in [3.05, 3.63) is 59.4 Å². The number of Topliss-reactive ketones (excluding diaryl/α,β-unsaturated/α-hetero) is 1. The number of carboxylic acid groups (broad SMARTS) is 1. The highest BCUT2D eigenvalue weighted by molar-refractivity contribution is 5.97. The van der Waals surface area contributed by atoms with E-state index in [1.165, 1.54) is 18.6 Å². The van der Waals surface area contributed by atoms with Gasteiger partial charge in [0.2, 0.25) is 0 Å². The fraction of sp³-hybridized carbons (Fsp3) is 0.294. The lowest BCUT2D eigenvalue weighted by Gasteiger charge is -2.13. The number of carbonyl (C=O) groups is 2. The first-order valence-corrected chi connectivity index (χ1v) is 6.98. The third-order valence-electron chi connectivity index (χ3n) is 3.69. The highest BCUT2D eigenvalue weighted by Gasteiger charge is 2.15. The first-order valence-electron chi connectivity index (χ1n) is 6.98. The van der Waals surface area contributed by atoms with Crippen LogP contribution in [0.25, 0.3) is 0 Å². The largest absolute Gasteiger partial charge is 0.477 e. The molecule has 1 heterocycles. The average Bonchev–Trinajstić information content (AvgIpc) is 2.90. The zero-order valence-corrected chi connectivity index (χ0v) is 12.2. The van der Waals surface area contributed by atoms with Crippen molar-refractivity contribution in [2.24, 2.45) is 0 Å². The van der Waals surface area contributed by atoms with Gasteiger partial charge in [-0.1, -0.05) is 37.3 Å². The van der Waals surface area contributed by atoms with E-state index in [0.29, 0.717) is 18.0 Å². The van der Waals surface area contributed by atoms with Crippen molar-refractivity contribution in [1.29, 1.82) is 0 Å². The molecule has 4 heteroatoms. The fourth-order valence-electron chi connectivity index (χ4n) is 2.35. The lowest BCUT2D eigenvalue weighted by molar-refractivity contribution is 0.0684. The molecular formula is C17H19NO3. The minimum absolute atomic E-state index is 0.118. The summed E-state index contributed by atoms with van der Waals surface area (Å²) in [6.07, 6.45) is 2.44. The van der Waals surface area contributed by atoms with Crippen LogP contribution in [0.3, 0.4) is 0 Å². The van der Waals surface area contributed by atoms with Gasteiger partial charge in [0.1, 0.15) is 5.69 Å². The minimum Gasteiger partial charge on any atom is -0.477 e. The molecule has 0 amide bonds. The van der Waals surface area contributed by atoms with Gasteiger partial charge in [0, 0.05) is 18.3 Å². The van der Waals surface area contributed by atoms with Crippen LogP contribution in [0.5, 0.6) is 0 Å². The normalized spacial score (nSPS) is 12.1. The van der Waals surface area contributed by atoms with Gasteiger partial charge in [-0.25, -0.2) is 4.79 Å². The number of ketones is 1. The number of benzene rings is 1. The van der Waals surface area contributed by atoms with Gasteiger partial charge in [-0.05, 0) is 30.9 Å². The summed E-state index contributed by atoms with van der Waals surface area (Å²) in [6, 6.07) is 11.6. The standard InChI is InChI=1S/C17H19NO3/c1-12(14-6-4-3-5-7-14)8-9-18-11-15(13(2)19)10-16(18)17(20)21/h3-7,10-12H,8-9H2,1-2H3,(H,20,21). The second kappa shape index (κ2) is 6.39. The van der Waals surface area contributed by atoms with Gasteiger partial charge >= 0.3 is 5.97 Å². The van der Waals surface area contributed by atoms with Crippen LogP contribution in [-0.2, 0) is 6.54 Å². The molecule has 1 aromatic heterocycles. The molecule has 0 spiro atoms. The number of carbonyl (C=O) groups excluding carboxylic acids is 1. The smallest absolute Gasteiger partial charge is 0.352 e. The summed E-state index contributed by atoms with van der Waals surface area (Å²) in [6.45, 7) is 4.13. The van der Waals surface area contributed by atoms with Gasteiger partial charge in [0.15, 0.2) is 5.78 Å². The Bertz CT molecular complexity index is 643. The fourth-order valence-corrected chi connectivity index (χ4v) is 2.35. The van der Waals surface area contributed by atoms with Gasteiger partial charge in [-0.15, -0.1) is 0 Å². The Morgan fingerprint density at radius 2 is 1.90 bits per heavy atom. The molecule has 0 saturated carbocycles. The molecule has 0 aliphatic heterocycles. The van der Waals surface area contributed by atoms with Crippen molar-refractivity contribution in [3.8, 4) is 0 Å². The van der Waals surface area contributed by atoms with Gasteiger partial charge < -0.3 is 9.67 Å². The Morgan fingerprint density at radius 3 is 2.48 bits per heavy atom. The van der Waals surface area contributed by atoms with Crippen molar-refractivity contribution in [1.82, 2.24) is 4.57 Å². The average molecular weight is 285 g/mol. The van der Waals surface area contributed by atoms with E-state index in [4.69, 9.17) is 0 Å². The number of aryl methyl sites for hydroxylation is 1. The third-order valence-corrected chi connectivity index (χ3v) is 3.69. The van der Waals surface area contributed by atoms with E-state index in [2.05, 4.69) is 19.1 Å². The van der Waals surface area contributed by atoms with Gasteiger partial charge in [0.25, 0.3) is 0 Å². The molecule has 1 N–H and O–H groups in total. The van der Waals surface area contributed by atoms with E-state index in [9.17, 15) is 14.7 Å². The molecule has 0 saturated heterocycles. The van der Waals surface area contributed by atoms with Crippen molar-refractivity contribution in [3.63, 3.8) is 0 Å². The van der Waals surface area contributed by atoms with Crippen LogP contribution in [0.1, 0.15) is 52.6 Å². The topological polar surface area (TPSA) is 59.3 Å². The lowest BCUT2D eigenvalue weighted by Crippen LogP contribution is -2.09. The van der Waals surface area contributed by atoms with E-state index in [1.807, 2.05) is 18.2 Å². The number of nitrogens with zero attached hydrogens (tertiary/aromatic N) is 1. The molecule has 2 rings (SSSR count). The second-order valence-electron chi connectivity index (χ2n) is 5.27. The maximum Gasteiger partial charge on any atom is 0.352 e. The molecule has 21 heavy (non-hydrogen) atoms. The predicted octanol–water partition coefficient (Wildman–Crippen LogP) is 3.58. The number of hydrogen-bond donors (Lipinski definition) is 1. The molecule has 0 fully saturated rings. The SMILES string of the molecule is CC(=O)c1cc(C(=O)O)n(CCC(C)c2ccccc2)c1. The summed E-state index contributed by atoms with van der Waals surface area (Å²) in [4.78, 5) is 22.6. The van der Waals surface area contributed by atoms with Crippen LogP contribution in [-0.4, -0.2) is 21.4 Å². The molecule has 0 aliphatic rings. The van der Waals surface area contributed by atoms with Gasteiger partial charge in [0.05, 0.1) is 0 Å². The summed E-state index contributed by atoms with van der Waals surface area (Å²) in [5, 5.41) is 9.21. The number of rotatable bonds is 6. The summed E-state index contributed by atoms with van der Waals surface area (Å²) >= 11 is 0. The Labute approximate surface area is 124 Å². The van der Waals surface area contributed by atoms with Crippen molar-refractivity contribution >= 4 is 11.8 Å². The molecule has 0 radical (unpaired) electrons. The molecule has 110 valence electrons. The minimum atomic E-state index is -1.00. The first-order chi connectivity index (χ1) is 9.99. The molecule has 0 aliphatic carbocycles. The molecule has 1 unspecified atom stereocenters. The number of aromatic nitrogens is 1. The van der Waals surface area contributed by atoms with Crippen LogP contribution in [0.15, 0.2) is 42.6 Å². The number of hydrogen-bond acceptors (Lipinski definition) is 2. The van der Waals surface area contributed by atoms with Gasteiger partial charge in [-0.2, -0.15) is 0 Å². The Kier molecular flexibility index (Phi) is 4.58. The second-order valence-corrected chi connectivity index (χ2v) is 5.27. The Morgan fingerprint density at radius 1 is 1.24 bits per heavy atom. The third kappa shape index (κ3) is 3.60. The maximum absolute atomic E-state index is 11.4. The van der Waals surface area contributed by atoms with Crippen LogP contribution >= 0.6 is 0 Å². The van der Waals surface area contributed by atoms with E-state index < -0.39 is 5.97 Å². The van der Waals surface area contributed by atoms with Crippen LogP contribution in [0, 0.1) is 0 Å². The van der Waals surface area contributed by atoms with Crippen LogP contribution < -0.4 is 0 Å². The summed E-state index contributed by atoms with van der Waals surface area (Å²) < 4.78 is 1.65. The highest BCUT2D eigenvalue weighted by Crippen LogP contribution is 2.20. The van der Waals surface area contributed by atoms with Gasteiger partial charge in [-0.3, -0.25) is 4.79 Å².